The molecular weight excluding hydrogens is 240 g/mol. The van der Waals surface area contributed by atoms with Crippen molar-refractivity contribution >= 4 is 11.6 Å². The van der Waals surface area contributed by atoms with E-state index in [0.29, 0.717) is 0 Å². The Morgan fingerprint density at radius 1 is 0.667 bits per heavy atom. The van der Waals surface area contributed by atoms with Crippen molar-refractivity contribution in [2.75, 3.05) is 0 Å². The molecule has 94 valence electrons. The van der Waals surface area contributed by atoms with Gasteiger partial charge >= 0.3 is 0 Å². The third kappa shape index (κ3) is 3.89. The van der Waals surface area contributed by atoms with E-state index in [9.17, 15) is 0 Å². The van der Waals surface area contributed by atoms with Crippen LogP contribution in [0, 0.1) is 0 Å². The third-order valence-electron chi connectivity index (χ3n) is 3.18. The van der Waals surface area contributed by atoms with Crippen LogP contribution in [0.1, 0.15) is 30.0 Å². The smallest absolute Gasteiger partial charge is 0.0406 e. The highest BCUT2D eigenvalue weighted by Gasteiger charge is 1.97. The molecule has 1 heteroatoms. The Morgan fingerprint density at radius 2 is 1.06 bits per heavy atom. The molecule has 0 radical (unpaired) electrons. The van der Waals surface area contributed by atoms with E-state index in [2.05, 4.69) is 43.3 Å². The SMILES string of the molecule is CCCc1ccc(CCc2ccc(Cl)cc2)cc1. The largest absolute Gasteiger partial charge is 0.0843 e. The average molecular weight is 259 g/mol. The molecule has 2 aromatic carbocycles. The van der Waals surface area contributed by atoms with E-state index in [0.717, 1.165) is 17.9 Å². The number of hydrogen-bond acceptors (Lipinski definition) is 0. The van der Waals surface area contributed by atoms with Crippen molar-refractivity contribution in [3.63, 3.8) is 0 Å². The highest BCUT2D eigenvalue weighted by Crippen LogP contribution is 2.13. The van der Waals surface area contributed by atoms with Crippen LogP contribution in [-0.4, -0.2) is 0 Å². The van der Waals surface area contributed by atoms with Crippen LogP contribution >= 0.6 is 11.6 Å². The molecule has 0 aliphatic rings. The maximum absolute atomic E-state index is 5.88. The van der Waals surface area contributed by atoms with Gasteiger partial charge in [-0.3, -0.25) is 0 Å². The van der Waals surface area contributed by atoms with Gasteiger partial charge in [0.1, 0.15) is 0 Å². The summed E-state index contributed by atoms with van der Waals surface area (Å²) in [4.78, 5) is 0. The van der Waals surface area contributed by atoms with Crippen molar-refractivity contribution in [2.24, 2.45) is 0 Å². The molecule has 0 atom stereocenters. The van der Waals surface area contributed by atoms with Crippen molar-refractivity contribution in [1.82, 2.24) is 0 Å². The Hall–Kier alpha value is -1.27. The van der Waals surface area contributed by atoms with Gasteiger partial charge < -0.3 is 0 Å². The van der Waals surface area contributed by atoms with Gasteiger partial charge in [0.2, 0.25) is 0 Å². The fourth-order valence-corrected chi connectivity index (χ4v) is 2.23. The quantitative estimate of drug-likeness (QED) is 0.702. The normalized spacial score (nSPS) is 10.6. The molecule has 0 saturated heterocycles. The number of aryl methyl sites for hydroxylation is 3. The molecule has 0 amide bonds. The molecule has 0 N–H and O–H groups in total. The van der Waals surface area contributed by atoms with E-state index in [1.165, 1.54) is 29.5 Å². The molecule has 0 aliphatic heterocycles. The second-order valence-electron chi connectivity index (χ2n) is 4.69. The fourth-order valence-electron chi connectivity index (χ4n) is 2.10. The van der Waals surface area contributed by atoms with Crippen LogP contribution in [0.2, 0.25) is 5.02 Å². The molecule has 0 bridgehead atoms. The van der Waals surface area contributed by atoms with E-state index < -0.39 is 0 Å². The van der Waals surface area contributed by atoms with Crippen LogP contribution in [0.5, 0.6) is 0 Å². The topological polar surface area (TPSA) is 0 Å². The fraction of sp³-hybridized carbons (Fsp3) is 0.294. The summed E-state index contributed by atoms with van der Waals surface area (Å²) in [6, 6.07) is 17.1. The lowest BCUT2D eigenvalue weighted by atomic mass is 10.0. The van der Waals surface area contributed by atoms with Gasteiger partial charge in [0, 0.05) is 5.02 Å². The van der Waals surface area contributed by atoms with Gasteiger partial charge in [-0.15, -0.1) is 0 Å². The van der Waals surface area contributed by atoms with Gasteiger partial charge in [-0.25, -0.2) is 0 Å². The summed E-state index contributed by atoms with van der Waals surface area (Å²) in [6.45, 7) is 2.22. The summed E-state index contributed by atoms with van der Waals surface area (Å²) in [5.41, 5.74) is 4.19. The van der Waals surface area contributed by atoms with Crippen molar-refractivity contribution in [3.05, 3.63) is 70.2 Å². The molecule has 0 unspecified atom stereocenters. The van der Waals surface area contributed by atoms with E-state index in [4.69, 9.17) is 11.6 Å². The van der Waals surface area contributed by atoms with Crippen LogP contribution in [-0.2, 0) is 19.3 Å². The molecule has 0 fully saturated rings. The standard InChI is InChI=1S/C17H19Cl/c1-2-3-14-4-6-15(7-5-14)8-9-16-10-12-17(18)13-11-16/h4-7,10-13H,2-3,8-9H2,1H3. The zero-order valence-corrected chi connectivity index (χ0v) is 11.6. The second kappa shape index (κ2) is 6.61. The minimum absolute atomic E-state index is 0.808. The summed E-state index contributed by atoms with van der Waals surface area (Å²) < 4.78 is 0. The van der Waals surface area contributed by atoms with E-state index in [1.54, 1.807) is 0 Å². The Bertz CT molecular complexity index is 468. The molecule has 0 heterocycles. The van der Waals surface area contributed by atoms with Gasteiger partial charge in [-0.2, -0.15) is 0 Å². The van der Waals surface area contributed by atoms with Gasteiger partial charge in [-0.1, -0.05) is 61.3 Å². The Labute approximate surface area is 115 Å². The first-order valence-corrected chi connectivity index (χ1v) is 6.98. The summed E-state index contributed by atoms with van der Waals surface area (Å²) in [5, 5.41) is 0.808. The highest BCUT2D eigenvalue weighted by molar-refractivity contribution is 6.30. The van der Waals surface area contributed by atoms with Gasteiger partial charge in [0.15, 0.2) is 0 Å². The summed E-state index contributed by atoms with van der Waals surface area (Å²) in [7, 11) is 0. The van der Waals surface area contributed by atoms with Crippen molar-refractivity contribution < 1.29 is 0 Å². The third-order valence-corrected chi connectivity index (χ3v) is 3.43. The summed E-state index contributed by atoms with van der Waals surface area (Å²) in [6.07, 6.45) is 4.56. The van der Waals surface area contributed by atoms with E-state index >= 15 is 0 Å². The lowest BCUT2D eigenvalue weighted by Crippen LogP contribution is -1.92. The first-order chi connectivity index (χ1) is 8.78. The molecule has 2 aromatic rings. The van der Waals surface area contributed by atoms with Crippen molar-refractivity contribution in [1.29, 1.82) is 0 Å². The van der Waals surface area contributed by atoms with Crippen LogP contribution in [0.3, 0.4) is 0 Å². The van der Waals surface area contributed by atoms with E-state index in [-0.39, 0.29) is 0 Å². The molecule has 0 aliphatic carbocycles. The lowest BCUT2D eigenvalue weighted by molar-refractivity contribution is 0.914. The molecule has 0 spiro atoms. The lowest BCUT2D eigenvalue weighted by Gasteiger charge is -2.04. The van der Waals surface area contributed by atoms with Crippen LogP contribution < -0.4 is 0 Å². The molecule has 0 aromatic heterocycles. The molecule has 0 nitrogen and oxygen atoms in total. The number of benzene rings is 2. The zero-order chi connectivity index (χ0) is 12.8. The van der Waals surface area contributed by atoms with Crippen molar-refractivity contribution in [3.8, 4) is 0 Å². The maximum atomic E-state index is 5.88. The van der Waals surface area contributed by atoms with Gasteiger partial charge in [-0.05, 0) is 48.1 Å². The van der Waals surface area contributed by atoms with Crippen LogP contribution in [0.25, 0.3) is 0 Å². The predicted molar refractivity (Wildman–Crippen MR) is 79.3 cm³/mol. The molecule has 0 saturated carbocycles. The minimum Gasteiger partial charge on any atom is -0.0843 e. The van der Waals surface area contributed by atoms with E-state index in [1.807, 2.05) is 12.1 Å². The second-order valence-corrected chi connectivity index (χ2v) is 5.13. The van der Waals surface area contributed by atoms with Crippen molar-refractivity contribution in [2.45, 2.75) is 32.6 Å². The first kappa shape index (κ1) is 13.2. The summed E-state index contributed by atoms with van der Waals surface area (Å²) in [5.74, 6) is 0. The van der Waals surface area contributed by atoms with Gasteiger partial charge in [0.05, 0.1) is 0 Å². The highest BCUT2D eigenvalue weighted by atomic mass is 35.5. The van der Waals surface area contributed by atoms with Crippen LogP contribution in [0.15, 0.2) is 48.5 Å². The average Bonchev–Trinajstić information content (AvgIpc) is 2.40. The first-order valence-electron chi connectivity index (χ1n) is 6.60. The number of halogens is 1. The van der Waals surface area contributed by atoms with Crippen LogP contribution in [0.4, 0.5) is 0 Å². The maximum Gasteiger partial charge on any atom is 0.0406 e. The molecule has 18 heavy (non-hydrogen) atoms. The summed E-state index contributed by atoms with van der Waals surface area (Å²) >= 11 is 5.88. The Kier molecular flexibility index (Phi) is 4.83. The Morgan fingerprint density at radius 3 is 1.50 bits per heavy atom. The molecular formula is C17H19Cl. The van der Waals surface area contributed by atoms with Gasteiger partial charge in [0.25, 0.3) is 0 Å². The minimum atomic E-state index is 0.808. The Balaban J connectivity index is 1.91. The number of rotatable bonds is 5. The molecule has 2 rings (SSSR count). The predicted octanol–water partition coefficient (Wildman–Crippen LogP) is 5.08. The number of hydrogen-bond donors (Lipinski definition) is 0. The monoisotopic (exact) mass is 258 g/mol. The zero-order valence-electron chi connectivity index (χ0n) is 10.8.